The SMILES string of the molecule is CCc1ccc(C(=O)N(C)c2ccc(OC)c(OC)c2)cc1S(=O)(=O)N1CCOCC1. The van der Waals surface area contributed by atoms with Gasteiger partial charge in [-0.15, -0.1) is 0 Å². The number of methoxy groups -OCH3 is 2. The van der Waals surface area contributed by atoms with Crippen LogP contribution in [0, 0.1) is 0 Å². The highest BCUT2D eigenvalue weighted by atomic mass is 32.2. The molecule has 1 aliphatic heterocycles. The van der Waals surface area contributed by atoms with Gasteiger partial charge in [0.25, 0.3) is 5.91 Å². The molecule has 31 heavy (non-hydrogen) atoms. The summed E-state index contributed by atoms with van der Waals surface area (Å²) in [4.78, 5) is 14.8. The first-order valence-corrected chi connectivity index (χ1v) is 11.5. The Bertz CT molecular complexity index is 1050. The highest BCUT2D eigenvalue weighted by Gasteiger charge is 2.29. The van der Waals surface area contributed by atoms with Crippen LogP contribution in [0.15, 0.2) is 41.3 Å². The molecular formula is C22H28N2O6S. The number of benzene rings is 2. The molecule has 1 saturated heterocycles. The number of amides is 1. The van der Waals surface area contributed by atoms with E-state index in [-0.39, 0.29) is 10.8 Å². The van der Waals surface area contributed by atoms with Crippen molar-refractivity contribution >= 4 is 21.6 Å². The summed E-state index contributed by atoms with van der Waals surface area (Å²) in [5.41, 5.74) is 1.57. The first-order valence-electron chi connectivity index (χ1n) is 10.0. The van der Waals surface area contributed by atoms with Gasteiger partial charge in [-0.1, -0.05) is 13.0 Å². The lowest BCUT2D eigenvalue weighted by atomic mass is 10.1. The second-order valence-corrected chi connectivity index (χ2v) is 9.00. The summed E-state index contributed by atoms with van der Waals surface area (Å²) in [5, 5.41) is 0. The number of morpholine rings is 1. The van der Waals surface area contributed by atoms with Crippen molar-refractivity contribution in [2.75, 3.05) is 52.5 Å². The van der Waals surface area contributed by atoms with Crippen molar-refractivity contribution in [1.82, 2.24) is 4.31 Å². The lowest BCUT2D eigenvalue weighted by molar-refractivity contribution is 0.0730. The van der Waals surface area contributed by atoms with Crippen molar-refractivity contribution in [2.45, 2.75) is 18.2 Å². The minimum absolute atomic E-state index is 0.170. The molecular weight excluding hydrogens is 420 g/mol. The number of aryl methyl sites for hydroxylation is 1. The predicted octanol–water partition coefficient (Wildman–Crippen LogP) is 2.56. The van der Waals surface area contributed by atoms with Crippen molar-refractivity contribution < 1.29 is 27.4 Å². The molecule has 0 spiro atoms. The normalized spacial score (nSPS) is 14.8. The Kier molecular flexibility index (Phi) is 7.19. The zero-order chi connectivity index (χ0) is 22.6. The number of rotatable bonds is 7. The van der Waals surface area contributed by atoms with E-state index in [9.17, 15) is 13.2 Å². The molecule has 0 saturated carbocycles. The van der Waals surface area contributed by atoms with Crippen LogP contribution in [0.1, 0.15) is 22.8 Å². The average Bonchev–Trinajstić information content (AvgIpc) is 2.82. The van der Waals surface area contributed by atoms with E-state index in [4.69, 9.17) is 14.2 Å². The standard InChI is InChI=1S/C22H28N2O6S/c1-5-16-6-7-17(14-21(16)31(26,27)24-10-12-30-13-11-24)22(25)23(2)18-8-9-19(28-3)20(15-18)29-4/h6-9,14-15H,5,10-13H2,1-4H3. The van der Waals surface area contributed by atoms with Gasteiger partial charge < -0.3 is 19.1 Å². The lowest BCUT2D eigenvalue weighted by Crippen LogP contribution is -2.41. The molecule has 8 nitrogen and oxygen atoms in total. The maximum absolute atomic E-state index is 13.3. The van der Waals surface area contributed by atoms with E-state index in [1.807, 2.05) is 6.92 Å². The summed E-state index contributed by atoms with van der Waals surface area (Å²) >= 11 is 0. The molecule has 0 unspecified atom stereocenters. The van der Waals surface area contributed by atoms with Gasteiger partial charge in [-0.3, -0.25) is 4.79 Å². The van der Waals surface area contributed by atoms with Gasteiger partial charge in [0.1, 0.15) is 0 Å². The first-order chi connectivity index (χ1) is 14.8. The summed E-state index contributed by atoms with van der Waals surface area (Å²) in [6, 6.07) is 10.0. The molecule has 1 amide bonds. The van der Waals surface area contributed by atoms with Crippen LogP contribution < -0.4 is 14.4 Å². The van der Waals surface area contributed by atoms with Crippen LogP contribution in [0.2, 0.25) is 0 Å². The Balaban J connectivity index is 1.96. The number of hydrogen-bond acceptors (Lipinski definition) is 6. The summed E-state index contributed by atoms with van der Waals surface area (Å²) in [6.45, 7) is 3.22. The zero-order valence-electron chi connectivity index (χ0n) is 18.3. The number of anilines is 1. The minimum Gasteiger partial charge on any atom is -0.493 e. The first kappa shape index (κ1) is 23.1. The van der Waals surface area contributed by atoms with Crippen LogP contribution in [0.5, 0.6) is 11.5 Å². The van der Waals surface area contributed by atoms with E-state index in [2.05, 4.69) is 0 Å². The molecule has 9 heteroatoms. The highest BCUT2D eigenvalue weighted by Crippen LogP contribution is 2.32. The van der Waals surface area contributed by atoms with E-state index in [1.54, 1.807) is 37.4 Å². The summed E-state index contributed by atoms with van der Waals surface area (Å²) < 4.78 is 43.8. The van der Waals surface area contributed by atoms with E-state index >= 15 is 0 Å². The lowest BCUT2D eigenvalue weighted by Gasteiger charge is -2.27. The Morgan fingerprint density at radius 2 is 1.74 bits per heavy atom. The van der Waals surface area contributed by atoms with Gasteiger partial charge in [0.05, 0.1) is 32.3 Å². The highest BCUT2D eigenvalue weighted by molar-refractivity contribution is 7.89. The maximum Gasteiger partial charge on any atom is 0.258 e. The Morgan fingerprint density at radius 1 is 1.06 bits per heavy atom. The average molecular weight is 449 g/mol. The minimum atomic E-state index is -3.72. The van der Waals surface area contributed by atoms with Gasteiger partial charge in [-0.05, 0) is 36.2 Å². The smallest absolute Gasteiger partial charge is 0.258 e. The van der Waals surface area contributed by atoms with Gasteiger partial charge in [-0.2, -0.15) is 4.31 Å². The molecule has 2 aromatic carbocycles. The molecule has 1 aliphatic rings. The number of carbonyl (C=O) groups excluding carboxylic acids is 1. The number of ether oxygens (including phenoxy) is 3. The molecule has 0 aliphatic carbocycles. The molecule has 1 heterocycles. The number of hydrogen-bond donors (Lipinski definition) is 0. The van der Waals surface area contributed by atoms with Crippen molar-refractivity contribution in [1.29, 1.82) is 0 Å². The van der Waals surface area contributed by atoms with E-state index < -0.39 is 10.0 Å². The van der Waals surface area contributed by atoms with Crippen LogP contribution in [0.3, 0.4) is 0 Å². The van der Waals surface area contributed by atoms with Crippen molar-refractivity contribution in [3.05, 3.63) is 47.5 Å². The molecule has 0 radical (unpaired) electrons. The predicted molar refractivity (Wildman–Crippen MR) is 118 cm³/mol. The Hall–Kier alpha value is -2.62. The topological polar surface area (TPSA) is 85.4 Å². The van der Waals surface area contributed by atoms with E-state index in [0.29, 0.717) is 61.0 Å². The number of sulfonamides is 1. The number of nitrogens with zero attached hydrogens (tertiary/aromatic N) is 2. The van der Waals surface area contributed by atoms with Crippen LogP contribution in [-0.4, -0.2) is 66.2 Å². The van der Waals surface area contributed by atoms with Gasteiger partial charge >= 0.3 is 0 Å². The fraction of sp³-hybridized carbons (Fsp3) is 0.409. The van der Waals surface area contributed by atoms with Gasteiger partial charge in [0.15, 0.2) is 11.5 Å². The van der Waals surface area contributed by atoms with Crippen molar-refractivity contribution in [3.8, 4) is 11.5 Å². The van der Waals surface area contributed by atoms with Crippen LogP contribution in [0.4, 0.5) is 5.69 Å². The molecule has 0 aromatic heterocycles. The Labute approximate surface area is 183 Å². The largest absolute Gasteiger partial charge is 0.493 e. The fourth-order valence-corrected chi connectivity index (χ4v) is 5.22. The molecule has 0 atom stereocenters. The van der Waals surface area contributed by atoms with Gasteiger partial charge in [0, 0.05) is 37.5 Å². The van der Waals surface area contributed by atoms with E-state index in [0.717, 1.165) is 0 Å². The van der Waals surface area contributed by atoms with Gasteiger partial charge in [-0.25, -0.2) is 8.42 Å². The summed E-state index contributed by atoms with van der Waals surface area (Å²) in [5.74, 6) is 0.725. The third kappa shape index (κ3) is 4.68. The van der Waals surface area contributed by atoms with E-state index in [1.165, 1.54) is 29.5 Å². The maximum atomic E-state index is 13.3. The van der Waals surface area contributed by atoms with Crippen molar-refractivity contribution in [2.24, 2.45) is 0 Å². The Morgan fingerprint density at radius 3 is 2.35 bits per heavy atom. The second-order valence-electron chi connectivity index (χ2n) is 7.10. The quantitative estimate of drug-likeness (QED) is 0.647. The zero-order valence-corrected chi connectivity index (χ0v) is 19.1. The molecule has 2 aromatic rings. The second kappa shape index (κ2) is 9.67. The molecule has 1 fully saturated rings. The number of carbonyl (C=O) groups is 1. The van der Waals surface area contributed by atoms with Crippen LogP contribution in [-0.2, 0) is 21.2 Å². The van der Waals surface area contributed by atoms with Crippen LogP contribution in [0.25, 0.3) is 0 Å². The molecule has 0 bridgehead atoms. The van der Waals surface area contributed by atoms with Crippen molar-refractivity contribution in [3.63, 3.8) is 0 Å². The summed E-state index contributed by atoms with van der Waals surface area (Å²) in [7, 11) is 0.971. The molecule has 0 N–H and O–H groups in total. The third-order valence-corrected chi connectivity index (χ3v) is 7.32. The van der Waals surface area contributed by atoms with Gasteiger partial charge in [0.2, 0.25) is 10.0 Å². The van der Waals surface area contributed by atoms with Crippen LogP contribution >= 0.6 is 0 Å². The summed E-state index contributed by atoms with van der Waals surface area (Å²) in [6.07, 6.45) is 0.541. The molecule has 168 valence electrons. The third-order valence-electron chi connectivity index (χ3n) is 5.34. The fourth-order valence-electron chi connectivity index (χ4n) is 3.49. The monoisotopic (exact) mass is 448 g/mol. The molecule has 3 rings (SSSR count).